The number of aryl methyl sites for hydroxylation is 1. The number of carbonyl (C=O) groups excluding carboxylic acids is 2. The van der Waals surface area contributed by atoms with Gasteiger partial charge in [0.1, 0.15) is 0 Å². The van der Waals surface area contributed by atoms with Crippen molar-refractivity contribution >= 4 is 27.7 Å². The summed E-state index contributed by atoms with van der Waals surface area (Å²) in [7, 11) is 0. The average molecular weight is 282 g/mol. The Bertz CT molecular complexity index is 436. The van der Waals surface area contributed by atoms with Crippen LogP contribution >= 0.6 is 15.9 Å². The average Bonchev–Trinajstić information content (AvgIpc) is 2.62. The summed E-state index contributed by atoms with van der Waals surface area (Å²) >= 11 is 3.35. The molecule has 1 aliphatic rings. The van der Waals surface area contributed by atoms with Crippen molar-refractivity contribution < 1.29 is 9.59 Å². The lowest BCUT2D eigenvalue weighted by Crippen LogP contribution is -2.31. The van der Waals surface area contributed by atoms with Gasteiger partial charge in [0.15, 0.2) is 0 Å². The number of likely N-dealkylation sites (tertiary alicyclic amines) is 1. The lowest BCUT2D eigenvalue weighted by atomic mass is 10.1. The highest BCUT2D eigenvalue weighted by molar-refractivity contribution is 9.10. The molecule has 0 bridgehead atoms. The van der Waals surface area contributed by atoms with Crippen LogP contribution in [0.4, 0.5) is 0 Å². The second-order valence-electron chi connectivity index (χ2n) is 3.97. The van der Waals surface area contributed by atoms with E-state index in [0.29, 0.717) is 18.5 Å². The Labute approximate surface area is 103 Å². The first-order valence-corrected chi connectivity index (χ1v) is 5.99. The van der Waals surface area contributed by atoms with E-state index in [1.807, 2.05) is 13.0 Å². The van der Waals surface area contributed by atoms with Gasteiger partial charge in [0.05, 0.1) is 0 Å². The van der Waals surface area contributed by atoms with Gasteiger partial charge in [-0.05, 0) is 37.1 Å². The molecule has 0 unspecified atom stereocenters. The van der Waals surface area contributed by atoms with Gasteiger partial charge in [-0.3, -0.25) is 14.5 Å². The summed E-state index contributed by atoms with van der Waals surface area (Å²) in [5.41, 5.74) is 1.58. The molecule has 3 nitrogen and oxygen atoms in total. The van der Waals surface area contributed by atoms with Gasteiger partial charge in [-0.15, -0.1) is 0 Å². The van der Waals surface area contributed by atoms with Crippen molar-refractivity contribution in [1.29, 1.82) is 0 Å². The minimum atomic E-state index is -0.188. The summed E-state index contributed by atoms with van der Waals surface area (Å²) in [4.78, 5) is 24.8. The van der Waals surface area contributed by atoms with E-state index in [-0.39, 0.29) is 11.8 Å². The van der Waals surface area contributed by atoms with E-state index in [1.165, 1.54) is 4.90 Å². The van der Waals surface area contributed by atoms with Crippen LogP contribution in [0, 0.1) is 6.92 Å². The molecule has 4 heteroatoms. The molecule has 1 fully saturated rings. The lowest BCUT2D eigenvalue weighted by Gasteiger charge is -2.14. The molecule has 0 saturated carbocycles. The van der Waals surface area contributed by atoms with Crippen molar-refractivity contribution in [3.8, 4) is 0 Å². The predicted octanol–water partition coefficient (Wildman–Crippen LogP) is 2.52. The summed E-state index contributed by atoms with van der Waals surface area (Å²) in [6, 6.07) is 5.49. The van der Waals surface area contributed by atoms with E-state index < -0.39 is 0 Å². The number of imide groups is 1. The third-order valence-electron chi connectivity index (χ3n) is 2.61. The molecule has 0 spiro atoms. The second kappa shape index (κ2) is 4.37. The number of rotatable bonds is 1. The van der Waals surface area contributed by atoms with Crippen molar-refractivity contribution in [2.75, 3.05) is 6.54 Å². The highest BCUT2D eigenvalue weighted by atomic mass is 79.9. The molecule has 84 valence electrons. The number of carbonyl (C=O) groups is 2. The van der Waals surface area contributed by atoms with Gasteiger partial charge < -0.3 is 0 Å². The van der Waals surface area contributed by atoms with Gasteiger partial charge in [0.2, 0.25) is 5.91 Å². The van der Waals surface area contributed by atoms with E-state index in [4.69, 9.17) is 0 Å². The monoisotopic (exact) mass is 281 g/mol. The Balaban J connectivity index is 2.30. The van der Waals surface area contributed by atoms with E-state index in [2.05, 4.69) is 15.9 Å². The van der Waals surface area contributed by atoms with Crippen LogP contribution < -0.4 is 0 Å². The normalized spacial score (nSPS) is 15.6. The standard InChI is InChI=1S/C12H12BrNO2/c1-8-5-9(7-10(13)6-8)12(16)14-4-2-3-11(14)15/h5-7H,2-4H2,1H3. The Morgan fingerprint density at radius 2 is 2.12 bits per heavy atom. The maximum absolute atomic E-state index is 12.0. The van der Waals surface area contributed by atoms with E-state index in [9.17, 15) is 9.59 Å². The third-order valence-corrected chi connectivity index (χ3v) is 3.07. The number of halogens is 1. The molecule has 1 saturated heterocycles. The Hall–Kier alpha value is -1.16. The van der Waals surface area contributed by atoms with Gasteiger partial charge in [-0.25, -0.2) is 0 Å². The van der Waals surface area contributed by atoms with Crippen LogP contribution in [-0.2, 0) is 4.79 Å². The molecular formula is C12H12BrNO2. The maximum atomic E-state index is 12.0. The predicted molar refractivity (Wildman–Crippen MR) is 64.2 cm³/mol. The molecule has 1 aromatic rings. The van der Waals surface area contributed by atoms with Crippen molar-refractivity contribution in [3.63, 3.8) is 0 Å². The fraction of sp³-hybridized carbons (Fsp3) is 0.333. The molecule has 0 radical (unpaired) electrons. The highest BCUT2D eigenvalue weighted by Gasteiger charge is 2.27. The van der Waals surface area contributed by atoms with Crippen LogP contribution in [0.5, 0.6) is 0 Å². The zero-order chi connectivity index (χ0) is 11.7. The molecule has 2 amide bonds. The molecule has 0 aliphatic carbocycles. The largest absolute Gasteiger partial charge is 0.279 e. The molecular weight excluding hydrogens is 270 g/mol. The minimum absolute atomic E-state index is 0.0670. The number of hydrogen-bond donors (Lipinski definition) is 0. The number of hydrogen-bond acceptors (Lipinski definition) is 2. The van der Waals surface area contributed by atoms with Gasteiger partial charge in [-0.2, -0.15) is 0 Å². The van der Waals surface area contributed by atoms with Crippen LogP contribution in [0.15, 0.2) is 22.7 Å². The quantitative estimate of drug-likeness (QED) is 0.742. The minimum Gasteiger partial charge on any atom is -0.279 e. The number of nitrogens with zero attached hydrogens (tertiary/aromatic N) is 1. The molecule has 0 aromatic heterocycles. The fourth-order valence-corrected chi connectivity index (χ4v) is 2.49. The van der Waals surface area contributed by atoms with Crippen molar-refractivity contribution in [2.45, 2.75) is 19.8 Å². The van der Waals surface area contributed by atoms with Crippen LogP contribution in [0.3, 0.4) is 0 Å². The van der Waals surface area contributed by atoms with Gasteiger partial charge in [0.25, 0.3) is 5.91 Å². The van der Waals surface area contributed by atoms with Crippen molar-refractivity contribution in [1.82, 2.24) is 4.90 Å². The van der Waals surface area contributed by atoms with Gasteiger partial charge in [0, 0.05) is 23.0 Å². The Morgan fingerprint density at radius 3 is 2.69 bits per heavy atom. The van der Waals surface area contributed by atoms with Gasteiger partial charge >= 0.3 is 0 Å². The summed E-state index contributed by atoms with van der Waals surface area (Å²) in [6.45, 7) is 2.47. The van der Waals surface area contributed by atoms with E-state index >= 15 is 0 Å². The molecule has 1 heterocycles. The summed E-state index contributed by atoms with van der Waals surface area (Å²) in [5.74, 6) is -0.255. The first kappa shape index (κ1) is 11.3. The van der Waals surface area contributed by atoms with Gasteiger partial charge in [-0.1, -0.05) is 15.9 Å². The van der Waals surface area contributed by atoms with E-state index in [1.54, 1.807) is 12.1 Å². The summed E-state index contributed by atoms with van der Waals surface area (Å²) in [6.07, 6.45) is 1.26. The molecule has 1 aromatic carbocycles. The number of benzene rings is 1. The zero-order valence-electron chi connectivity index (χ0n) is 9.00. The first-order chi connectivity index (χ1) is 7.58. The maximum Gasteiger partial charge on any atom is 0.260 e. The van der Waals surface area contributed by atoms with Crippen LogP contribution in [0.2, 0.25) is 0 Å². The molecule has 2 rings (SSSR count). The second-order valence-corrected chi connectivity index (χ2v) is 4.89. The van der Waals surface area contributed by atoms with Crippen LogP contribution in [0.1, 0.15) is 28.8 Å². The van der Waals surface area contributed by atoms with Crippen LogP contribution in [0.25, 0.3) is 0 Å². The number of amides is 2. The topological polar surface area (TPSA) is 37.4 Å². The third kappa shape index (κ3) is 2.16. The van der Waals surface area contributed by atoms with Crippen LogP contribution in [-0.4, -0.2) is 23.3 Å². The Morgan fingerprint density at radius 1 is 1.38 bits per heavy atom. The van der Waals surface area contributed by atoms with Crippen molar-refractivity contribution in [3.05, 3.63) is 33.8 Å². The fourth-order valence-electron chi connectivity index (χ4n) is 1.88. The van der Waals surface area contributed by atoms with Crippen molar-refractivity contribution in [2.24, 2.45) is 0 Å². The van der Waals surface area contributed by atoms with E-state index in [0.717, 1.165) is 16.5 Å². The molecule has 0 atom stereocenters. The SMILES string of the molecule is Cc1cc(Br)cc(C(=O)N2CCCC2=O)c1. The smallest absolute Gasteiger partial charge is 0.260 e. The zero-order valence-corrected chi connectivity index (χ0v) is 10.6. The molecule has 0 N–H and O–H groups in total. The lowest BCUT2D eigenvalue weighted by molar-refractivity contribution is -0.125. The summed E-state index contributed by atoms with van der Waals surface area (Å²) in [5, 5.41) is 0. The first-order valence-electron chi connectivity index (χ1n) is 5.20. The summed E-state index contributed by atoms with van der Waals surface area (Å²) < 4.78 is 0.863. The Kier molecular flexibility index (Phi) is 3.10. The molecule has 1 aliphatic heterocycles. The molecule has 16 heavy (non-hydrogen) atoms. The highest BCUT2D eigenvalue weighted by Crippen LogP contribution is 2.19.